The molecule has 1 fully saturated rings. The highest BCUT2D eigenvalue weighted by Crippen LogP contribution is 2.29. The zero-order valence-electron chi connectivity index (χ0n) is 16.3. The second kappa shape index (κ2) is 7.59. The fourth-order valence-corrected chi connectivity index (χ4v) is 3.63. The molecule has 1 amide bonds. The van der Waals surface area contributed by atoms with E-state index in [2.05, 4.69) is 22.0 Å². The molecule has 0 atom stereocenters. The second-order valence-corrected chi connectivity index (χ2v) is 7.04. The van der Waals surface area contributed by atoms with Crippen molar-refractivity contribution in [3.63, 3.8) is 0 Å². The summed E-state index contributed by atoms with van der Waals surface area (Å²) in [7, 11) is 0. The summed E-state index contributed by atoms with van der Waals surface area (Å²) in [6, 6.07) is 7.85. The molecule has 1 aromatic carbocycles. The number of likely N-dealkylation sites (N-methyl/N-ethyl adjacent to an activating group) is 1. The number of nitro groups is 1. The fourth-order valence-electron chi connectivity index (χ4n) is 3.63. The van der Waals surface area contributed by atoms with Crippen LogP contribution in [0.2, 0.25) is 0 Å². The Morgan fingerprint density at radius 2 is 2.00 bits per heavy atom. The van der Waals surface area contributed by atoms with Crippen LogP contribution in [0.15, 0.2) is 34.9 Å². The molecule has 9 nitrogen and oxygen atoms in total. The van der Waals surface area contributed by atoms with Gasteiger partial charge in [-0.25, -0.2) is 4.98 Å². The average molecular weight is 395 g/mol. The molecule has 1 saturated heterocycles. The number of benzene rings is 1. The summed E-state index contributed by atoms with van der Waals surface area (Å²) in [6.45, 7) is 7.79. The van der Waals surface area contributed by atoms with Gasteiger partial charge in [0.1, 0.15) is 0 Å². The van der Waals surface area contributed by atoms with Gasteiger partial charge in [-0.05, 0) is 19.5 Å². The molecule has 150 valence electrons. The molecule has 0 saturated carbocycles. The van der Waals surface area contributed by atoms with Crippen LogP contribution < -0.4 is 0 Å². The number of non-ortho nitro benzene ring substituents is 1. The van der Waals surface area contributed by atoms with Crippen molar-refractivity contribution in [1.29, 1.82) is 0 Å². The number of aromatic nitrogens is 2. The SMILES string of the molecule is CCN1CCN(C(=O)c2cc(-c3cccc([N+](=O)[O-])c3)nc3onc(C)c23)CC1. The predicted molar refractivity (Wildman–Crippen MR) is 107 cm³/mol. The lowest BCUT2D eigenvalue weighted by molar-refractivity contribution is -0.384. The molecule has 4 rings (SSSR count). The van der Waals surface area contributed by atoms with Gasteiger partial charge in [0, 0.05) is 43.9 Å². The molecule has 0 N–H and O–H groups in total. The third kappa shape index (κ3) is 3.56. The van der Waals surface area contributed by atoms with Crippen LogP contribution in [0, 0.1) is 17.0 Å². The van der Waals surface area contributed by atoms with Crippen LogP contribution in [0.5, 0.6) is 0 Å². The van der Waals surface area contributed by atoms with E-state index in [1.54, 1.807) is 25.1 Å². The van der Waals surface area contributed by atoms with Gasteiger partial charge in [0.15, 0.2) is 0 Å². The number of fused-ring (bicyclic) bond motifs is 1. The normalized spacial score (nSPS) is 15.0. The molecule has 9 heteroatoms. The van der Waals surface area contributed by atoms with Crippen molar-refractivity contribution in [2.45, 2.75) is 13.8 Å². The maximum Gasteiger partial charge on any atom is 0.270 e. The van der Waals surface area contributed by atoms with Crippen LogP contribution in [0.4, 0.5) is 5.69 Å². The van der Waals surface area contributed by atoms with E-state index in [1.807, 2.05) is 4.90 Å². The van der Waals surface area contributed by atoms with E-state index in [0.717, 1.165) is 19.6 Å². The van der Waals surface area contributed by atoms with E-state index < -0.39 is 4.92 Å². The van der Waals surface area contributed by atoms with Crippen molar-refractivity contribution in [1.82, 2.24) is 19.9 Å². The molecule has 0 unspecified atom stereocenters. The molecular formula is C20H21N5O4. The topological polar surface area (TPSA) is 106 Å². The minimum absolute atomic E-state index is 0.0401. The van der Waals surface area contributed by atoms with Crippen LogP contribution in [-0.4, -0.2) is 63.5 Å². The van der Waals surface area contributed by atoms with Crippen molar-refractivity contribution >= 4 is 22.7 Å². The largest absolute Gasteiger partial charge is 0.336 e. The predicted octanol–water partition coefficient (Wildman–Crippen LogP) is 2.88. The number of hydrogen-bond acceptors (Lipinski definition) is 7. The minimum Gasteiger partial charge on any atom is -0.336 e. The Morgan fingerprint density at radius 1 is 1.24 bits per heavy atom. The summed E-state index contributed by atoms with van der Waals surface area (Å²) in [5.41, 5.74) is 2.24. The Morgan fingerprint density at radius 3 is 2.69 bits per heavy atom. The van der Waals surface area contributed by atoms with Gasteiger partial charge in [-0.2, -0.15) is 0 Å². The Hall–Kier alpha value is -3.33. The molecule has 0 aliphatic carbocycles. The summed E-state index contributed by atoms with van der Waals surface area (Å²) in [6.07, 6.45) is 0. The average Bonchev–Trinajstić information content (AvgIpc) is 3.13. The zero-order chi connectivity index (χ0) is 20.5. The molecule has 0 bridgehead atoms. The van der Waals surface area contributed by atoms with Crippen LogP contribution in [0.25, 0.3) is 22.4 Å². The lowest BCUT2D eigenvalue weighted by atomic mass is 10.0. The van der Waals surface area contributed by atoms with Crippen LogP contribution in [0.1, 0.15) is 23.0 Å². The number of amides is 1. The van der Waals surface area contributed by atoms with E-state index in [0.29, 0.717) is 41.0 Å². The lowest BCUT2D eigenvalue weighted by Crippen LogP contribution is -2.48. The summed E-state index contributed by atoms with van der Waals surface area (Å²) >= 11 is 0. The highest BCUT2D eigenvalue weighted by molar-refractivity contribution is 6.07. The maximum atomic E-state index is 13.3. The van der Waals surface area contributed by atoms with Gasteiger partial charge in [-0.15, -0.1) is 0 Å². The van der Waals surface area contributed by atoms with E-state index >= 15 is 0 Å². The number of carbonyl (C=O) groups is 1. The van der Waals surface area contributed by atoms with Crippen LogP contribution in [-0.2, 0) is 0 Å². The minimum atomic E-state index is -0.458. The number of piperazine rings is 1. The molecule has 0 spiro atoms. The van der Waals surface area contributed by atoms with Crippen molar-refractivity contribution in [2.75, 3.05) is 32.7 Å². The highest BCUT2D eigenvalue weighted by Gasteiger charge is 2.26. The number of carbonyl (C=O) groups excluding carboxylic acids is 1. The van der Waals surface area contributed by atoms with Gasteiger partial charge in [0.05, 0.1) is 27.3 Å². The molecule has 1 aliphatic rings. The molecular weight excluding hydrogens is 374 g/mol. The molecule has 3 aromatic rings. The smallest absolute Gasteiger partial charge is 0.270 e. The van der Waals surface area contributed by atoms with Gasteiger partial charge in [-0.3, -0.25) is 14.9 Å². The molecule has 3 heterocycles. The Balaban J connectivity index is 1.77. The van der Waals surface area contributed by atoms with Gasteiger partial charge in [0.2, 0.25) is 0 Å². The first kappa shape index (κ1) is 19.0. The third-order valence-corrected chi connectivity index (χ3v) is 5.31. The van der Waals surface area contributed by atoms with Crippen molar-refractivity contribution in [3.8, 4) is 11.3 Å². The number of nitro benzene ring substituents is 1. The van der Waals surface area contributed by atoms with Crippen molar-refractivity contribution in [3.05, 3.63) is 51.7 Å². The first-order chi connectivity index (χ1) is 14.0. The van der Waals surface area contributed by atoms with Gasteiger partial charge in [-0.1, -0.05) is 24.2 Å². The van der Waals surface area contributed by atoms with E-state index in [-0.39, 0.29) is 17.3 Å². The summed E-state index contributed by atoms with van der Waals surface area (Å²) < 4.78 is 5.33. The van der Waals surface area contributed by atoms with Crippen LogP contribution in [0.3, 0.4) is 0 Å². The van der Waals surface area contributed by atoms with Crippen molar-refractivity contribution in [2.24, 2.45) is 0 Å². The number of nitrogens with zero attached hydrogens (tertiary/aromatic N) is 5. The van der Waals surface area contributed by atoms with E-state index in [4.69, 9.17) is 4.52 Å². The molecule has 1 aliphatic heterocycles. The number of aryl methyl sites for hydroxylation is 1. The fraction of sp³-hybridized carbons (Fsp3) is 0.350. The quantitative estimate of drug-likeness (QED) is 0.494. The van der Waals surface area contributed by atoms with Gasteiger partial charge >= 0.3 is 0 Å². The Bertz CT molecular complexity index is 1090. The first-order valence-electron chi connectivity index (χ1n) is 9.51. The summed E-state index contributed by atoms with van der Waals surface area (Å²) in [4.78, 5) is 32.6. The number of hydrogen-bond donors (Lipinski definition) is 0. The maximum absolute atomic E-state index is 13.3. The summed E-state index contributed by atoms with van der Waals surface area (Å²) in [5.74, 6) is -0.105. The number of pyridine rings is 1. The van der Waals surface area contributed by atoms with Crippen molar-refractivity contribution < 1.29 is 14.2 Å². The molecule has 29 heavy (non-hydrogen) atoms. The van der Waals surface area contributed by atoms with E-state index in [9.17, 15) is 14.9 Å². The van der Waals surface area contributed by atoms with Gasteiger partial charge in [0.25, 0.3) is 17.3 Å². The first-order valence-corrected chi connectivity index (χ1v) is 9.51. The second-order valence-electron chi connectivity index (χ2n) is 7.04. The van der Waals surface area contributed by atoms with E-state index in [1.165, 1.54) is 12.1 Å². The monoisotopic (exact) mass is 395 g/mol. The molecule has 2 aromatic heterocycles. The summed E-state index contributed by atoms with van der Waals surface area (Å²) in [5, 5.41) is 15.7. The Labute approximate surface area is 167 Å². The van der Waals surface area contributed by atoms with Gasteiger partial charge < -0.3 is 14.3 Å². The highest BCUT2D eigenvalue weighted by atomic mass is 16.6. The zero-order valence-corrected chi connectivity index (χ0v) is 16.3. The van der Waals surface area contributed by atoms with Crippen LogP contribution >= 0.6 is 0 Å². The lowest BCUT2D eigenvalue weighted by Gasteiger charge is -2.34. The number of rotatable bonds is 4. The Kier molecular flexibility index (Phi) is 4.98. The third-order valence-electron chi connectivity index (χ3n) is 5.31. The standard InChI is InChI=1S/C20H21N5O4/c1-3-23-7-9-24(10-8-23)20(26)16-12-17(21-19-18(16)13(2)22-29-19)14-5-4-6-15(11-14)25(27)28/h4-6,11-12H,3,7-10H2,1-2H3. The molecule has 0 radical (unpaired) electrons.